The zero-order valence-electron chi connectivity index (χ0n) is 14.9. The molecular weight excluding hydrogens is 304 g/mol. The average molecular weight is 328 g/mol. The summed E-state index contributed by atoms with van der Waals surface area (Å²) in [5, 5.41) is 11.3. The van der Waals surface area contributed by atoms with E-state index in [1.165, 1.54) is 7.11 Å². The molecule has 1 N–H and O–H groups in total. The Morgan fingerprint density at radius 3 is 2.29 bits per heavy atom. The van der Waals surface area contributed by atoms with Crippen LogP contribution in [0.5, 0.6) is 5.75 Å². The van der Waals surface area contributed by atoms with Crippen molar-refractivity contribution in [2.75, 3.05) is 14.2 Å². The van der Waals surface area contributed by atoms with Crippen LogP contribution in [0.4, 0.5) is 0 Å². The Balaban J connectivity index is 2.69. The molecule has 0 aliphatic heterocycles. The molecule has 1 aliphatic carbocycles. The normalized spacial score (nSPS) is 27.0. The number of hydrogen-bond donors (Lipinski definition) is 1. The van der Waals surface area contributed by atoms with Crippen LogP contribution in [0.3, 0.4) is 0 Å². The molecule has 4 nitrogen and oxygen atoms in total. The maximum atomic E-state index is 13.1. The predicted molar refractivity (Wildman–Crippen MR) is 93.0 cm³/mol. The SMILES string of the molecule is C=C=C(C)[C@@]1(O)C[C@@](OC)(c2ccc(OC)cc2)C(=O)C(C)=C1C. The van der Waals surface area contributed by atoms with E-state index in [9.17, 15) is 9.90 Å². The van der Waals surface area contributed by atoms with E-state index in [1.807, 2.05) is 0 Å². The van der Waals surface area contributed by atoms with Gasteiger partial charge in [-0.15, -0.1) is 5.73 Å². The monoisotopic (exact) mass is 328 g/mol. The summed E-state index contributed by atoms with van der Waals surface area (Å²) in [5.41, 5.74) is 2.54. The van der Waals surface area contributed by atoms with Gasteiger partial charge in [0.25, 0.3) is 0 Å². The molecule has 0 aromatic heterocycles. The first-order chi connectivity index (χ1) is 11.3. The lowest BCUT2D eigenvalue weighted by molar-refractivity contribution is -0.147. The zero-order chi connectivity index (χ0) is 18.1. The highest BCUT2D eigenvalue weighted by atomic mass is 16.5. The Bertz CT molecular complexity index is 737. The number of carbonyl (C=O) groups excluding carboxylic acids is 1. The van der Waals surface area contributed by atoms with Crippen LogP contribution in [0, 0.1) is 0 Å². The first kappa shape index (κ1) is 18.2. The van der Waals surface area contributed by atoms with E-state index >= 15 is 0 Å². The maximum Gasteiger partial charge on any atom is 0.195 e. The van der Waals surface area contributed by atoms with Gasteiger partial charge >= 0.3 is 0 Å². The average Bonchev–Trinajstić information content (AvgIpc) is 2.62. The van der Waals surface area contributed by atoms with Crippen LogP contribution in [-0.2, 0) is 15.1 Å². The lowest BCUT2D eigenvalue weighted by Crippen LogP contribution is -2.52. The molecule has 0 amide bonds. The zero-order valence-corrected chi connectivity index (χ0v) is 14.9. The fourth-order valence-electron chi connectivity index (χ4n) is 3.29. The number of hydrogen-bond acceptors (Lipinski definition) is 4. The molecule has 0 heterocycles. The van der Waals surface area contributed by atoms with Gasteiger partial charge in [0.2, 0.25) is 0 Å². The fourth-order valence-corrected chi connectivity index (χ4v) is 3.29. The largest absolute Gasteiger partial charge is 0.497 e. The van der Waals surface area contributed by atoms with Crippen LogP contribution < -0.4 is 4.74 Å². The third-order valence-electron chi connectivity index (χ3n) is 5.19. The van der Waals surface area contributed by atoms with Gasteiger partial charge in [0.1, 0.15) is 11.4 Å². The molecule has 0 saturated heterocycles. The summed E-state index contributed by atoms with van der Waals surface area (Å²) in [7, 11) is 3.07. The van der Waals surface area contributed by atoms with E-state index in [0.29, 0.717) is 28.0 Å². The van der Waals surface area contributed by atoms with Crippen molar-refractivity contribution in [1.82, 2.24) is 0 Å². The van der Waals surface area contributed by atoms with E-state index in [0.717, 1.165) is 0 Å². The highest BCUT2D eigenvalue weighted by molar-refractivity contribution is 6.04. The standard InChI is InChI=1S/C20H24O4/c1-7-13(2)19(22)12-20(24-6,18(21)14(3)15(19)4)16-8-10-17(23-5)11-9-16/h8-11,22H,1,12H2,2-6H3/t19-,20+/m0/s1. The Hall–Kier alpha value is -2.13. The smallest absolute Gasteiger partial charge is 0.195 e. The van der Waals surface area contributed by atoms with Crippen LogP contribution in [0.1, 0.15) is 32.8 Å². The molecule has 0 fully saturated rings. The molecule has 1 aliphatic rings. The number of ether oxygens (including phenoxy) is 2. The Kier molecular flexibility index (Phi) is 4.86. The van der Waals surface area contributed by atoms with Crippen molar-refractivity contribution in [3.8, 4) is 5.75 Å². The van der Waals surface area contributed by atoms with Crippen molar-refractivity contribution in [1.29, 1.82) is 0 Å². The van der Waals surface area contributed by atoms with E-state index in [1.54, 1.807) is 52.1 Å². The minimum absolute atomic E-state index is 0.0825. The van der Waals surface area contributed by atoms with Crippen molar-refractivity contribution in [3.05, 3.63) is 58.9 Å². The lowest BCUT2D eigenvalue weighted by Gasteiger charge is -2.44. The number of methoxy groups -OCH3 is 2. The molecule has 128 valence electrons. The van der Waals surface area contributed by atoms with Gasteiger partial charge in [0.05, 0.1) is 7.11 Å². The van der Waals surface area contributed by atoms with Gasteiger partial charge in [-0.25, -0.2) is 0 Å². The van der Waals surface area contributed by atoms with E-state index in [-0.39, 0.29) is 12.2 Å². The van der Waals surface area contributed by atoms with Gasteiger partial charge in [-0.1, -0.05) is 18.7 Å². The maximum absolute atomic E-state index is 13.1. The summed E-state index contributed by atoms with van der Waals surface area (Å²) in [6, 6.07) is 7.14. The summed E-state index contributed by atoms with van der Waals surface area (Å²) in [6.07, 6.45) is 0.0825. The molecule has 1 aromatic carbocycles. The summed E-state index contributed by atoms with van der Waals surface area (Å²) in [5.74, 6) is 0.545. The molecule has 0 spiro atoms. The number of aliphatic hydroxyl groups is 1. The number of rotatable bonds is 4. The number of benzene rings is 1. The van der Waals surface area contributed by atoms with Crippen molar-refractivity contribution in [2.24, 2.45) is 0 Å². The first-order valence-corrected chi connectivity index (χ1v) is 7.78. The summed E-state index contributed by atoms with van der Waals surface area (Å²) in [4.78, 5) is 13.1. The Morgan fingerprint density at radius 2 is 1.83 bits per heavy atom. The number of ketones is 1. The number of carbonyl (C=O) groups is 1. The van der Waals surface area contributed by atoms with Gasteiger partial charge in [0, 0.05) is 19.1 Å². The molecular formula is C20H24O4. The summed E-state index contributed by atoms with van der Waals surface area (Å²) < 4.78 is 10.9. The molecule has 4 heteroatoms. The van der Waals surface area contributed by atoms with Crippen LogP contribution >= 0.6 is 0 Å². The number of Topliss-reactive ketones (excluding diaryl/α,β-unsaturated/α-hetero) is 1. The quantitative estimate of drug-likeness (QED) is 0.862. The van der Waals surface area contributed by atoms with Gasteiger partial charge in [-0.2, -0.15) is 0 Å². The van der Waals surface area contributed by atoms with E-state index < -0.39 is 11.2 Å². The second-order valence-electron chi connectivity index (χ2n) is 6.18. The van der Waals surface area contributed by atoms with E-state index in [2.05, 4.69) is 12.3 Å². The molecule has 2 atom stereocenters. The first-order valence-electron chi connectivity index (χ1n) is 7.78. The predicted octanol–water partition coefficient (Wildman–Crippen LogP) is 3.31. The highest BCUT2D eigenvalue weighted by Gasteiger charge is 2.53. The summed E-state index contributed by atoms with van der Waals surface area (Å²) in [6.45, 7) is 8.88. The fraction of sp³-hybridized carbons (Fsp3) is 0.400. The minimum atomic E-state index is -1.32. The molecule has 0 bridgehead atoms. The Labute approximate surface area is 143 Å². The van der Waals surface area contributed by atoms with E-state index in [4.69, 9.17) is 9.47 Å². The third-order valence-corrected chi connectivity index (χ3v) is 5.19. The van der Waals surface area contributed by atoms with Gasteiger partial charge < -0.3 is 14.6 Å². The molecule has 0 unspecified atom stereocenters. The molecule has 24 heavy (non-hydrogen) atoms. The molecule has 0 radical (unpaired) electrons. The molecule has 2 rings (SSSR count). The highest BCUT2D eigenvalue weighted by Crippen LogP contribution is 2.47. The van der Waals surface area contributed by atoms with Gasteiger partial charge in [0.15, 0.2) is 11.4 Å². The second-order valence-corrected chi connectivity index (χ2v) is 6.18. The second kappa shape index (κ2) is 6.40. The third kappa shape index (κ3) is 2.53. The molecule has 1 aromatic rings. The lowest BCUT2D eigenvalue weighted by atomic mass is 9.66. The van der Waals surface area contributed by atoms with Crippen molar-refractivity contribution >= 4 is 5.78 Å². The van der Waals surface area contributed by atoms with Crippen molar-refractivity contribution in [3.63, 3.8) is 0 Å². The van der Waals surface area contributed by atoms with Crippen LogP contribution in [0.15, 0.2) is 53.3 Å². The van der Waals surface area contributed by atoms with Crippen LogP contribution in [-0.4, -0.2) is 30.7 Å². The molecule has 0 saturated carbocycles. The van der Waals surface area contributed by atoms with Gasteiger partial charge in [-0.05, 0) is 49.6 Å². The van der Waals surface area contributed by atoms with Crippen molar-refractivity contribution in [2.45, 2.75) is 38.4 Å². The summed E-state index contributed by atoms with van der Waals surface area (Å²) >= 11 is 0. The topological polar surface area (TPSA) is 55.8 Å². The van der Waals surface area contributed by atoms with Crippen LogP contribution in [0.25, 0.3) is 0 Å². The minimum Gasteiger partial charge on any atom is -0.497 e. The van der Waals surface area contributed by atoms with Gasteiger partial charge in [-0.3, -0.25) is 4.79 Å². The van der Waals surface area contributed by atoms with Crippen molar-refractivity contribution < 1.29 is 19.4 Å². The van der Waals surface area contributed by atoms with Crippen LogP contribution in [0.2, 0.25) is 0 Å². The Morgan fingerprint density at radius 1 is 1.25 bits per heavy atom.